The lowest BCUT2D eigenvalue weighted by Crippen LogP contribution is -2.43. The second-order valence-corrected chi connectivity index (χ2v) is 43.8. The van der Waals surface area contributed by atoms with Crippen LogP contribution in [0, 0.1) is 266 Å². The third-order valence-corrected chi connectivity index (χ3v) is 39.2. The van der Waals surface area contributed by atoms with Crippen molar-refractivity contribution >= 4 is 0 Å². The fourth-order valence-corrected chi connectivity index (χ4v) is 35.9. The van der Waals surface area contributed by atoms with E-state index in [0.717, 1.165) is 195 Å². The Morgan fingerprint density at radius 3 is 0.865 bits per heavy atom. The van der Waals surface area contributed by atoms with Crippen molar-refractivity contribution in [2.45, 2.75) is 268 Å². The van der Waals surface area contributed by atoms with Crippen molar-refractivity contribution in [1.29, 1.82) is 0 Å². The molecule has 0 amide bonds. The van der Waals surface area contributed by atoms with Gasteiger partial charge < -0.3 is 0 Å². The predicted molar refractivity (Wildman–Crippen MR) is 438 cm³/mol. The van der Waals surface area contributed by atoms with Gasteiger partial charge in [-0.25, -0.2) is 0 Å². The Bertz CT molecular complexity index is 3080. The summed E-state index contributed by atoms with van der Waals surface area (Å²) in [7, 11) is 0. The minimum Gasteiger partial charge on any atom is -0.0851 e. The molecule has 20 fully saturated rings. The molecule has 0 heterocycles. The Labute approximate surface area is 639 Å². The molecule has 0 aromatic carbocycles. The quantitative estimate of drug-likeness (QED) is 0.191. The Morgan fingerprint density at radius 2 is 0.567 bits per heavy atom. The molecule has 0 aromatic rings. The van der Waals surface area contributed by atoms with Crippen molar-refractivity contribution in [3.05, 3.63) is 109 Å². The number of hydrogen-bond acceptors (Lipinski definition) is 0. The fraction of sp³-hybridized carbons (Fsp3) is 0.827. The van der Waals surface area contributed by atoms with Gasteiger partial charge in [0.25, 0.3) is 0 Å². The molecule has 29 aliphatic carbocycles. The summed E-state index contributed by atoms with van der Waals surface area (Å²) < 4.78 is 0. The summed E-state index contributed by atoms with van der Waals surface area (Å²) in [6.07, 6.45) is 93.3. The second-order valence-electron chi connectivity index (χ2n) is 43.8. The fourth-order valence-electron chi connectivity index (χ4n) is 35.9. The molecule has 29 aliphatic rings. The van der Waals surface area contributed by atoms with Gasteiger partial charge in [0.15, 0.2) is 0 Å². The average molecular weight is 1400 g/mol. The normalized spacial score (nSPS) is 56.1. The summed E-state index contributed by atoms with van der Waals surface area (Å²) in [5.74, 6) is 48.6. The number of hydrogen-bond donors (Lipinski definition) is 0. The van der Waals surface area contributed by atoms with E-state index in [-0.39, 0.29) is 0 Å². The smallest absolute Gasteiger partial charge is 0.0194 e. The standard InChI is InChI=1S/C20H26.C15H20.C12H16.C10H14.C10H16.C9H14.2C8H12.C7H10.C3H8.C2H6/c1-2-11-12(3-1)14-7-13(11)19-15-8-16(20(14)19)18-10-5-4-9(6-10)17(15)18;1-2-10-11(3-1)13-7-12(10)14-8-4-5-9(6-8)15(13)14;1-2-8-5-7(1)11-9-3-4-10(6-9)12(8)11;1-2-9-7-4-5-8(6-7)10(9)3-1;1-7(2)10-6-8-3-4-9(10)5-8;1-2-8-5-7-3-4-9(8)6-7;2*1-6-4-7-2-3-8(6)5-7;1-2-7-4-3-6(1)5-7;1-3-2;1-2/h4-5,9-20H,1-3,6-8H2;4-5,8-15H,1-3,6-7H2;1-2,7-12H,3-6H2;4-5,7-10H,1-3,6H2;3-4,7-10H,5-6H2,1-2H3;3-4,7-9H,2,5-6H2,1H3;2*2-3,6-8H,4-5H2,1H3;1-2,6-7H,3-5H2;3H2,1-2H3;1-2H3. The van der Waals surface area contributed by atoms with Crippen LogP contribution in [0.2, 0.25) is 0 Å². The molecule has 44 unspecified atom stereocenters. The van der Waals surface area contributed by atoms with Crippen molar-refractivity contribution in [2.75, 3.05) is 0 Å². The lowest BCUT2D eigenvalue weighted by Gasteiger charge is -2.47. The molecule has 0 heteroatoms. The highest BCUT2D eigenvalue weighted by molar-refractivity contribution is 5.28. The van der Waals surface area contributed by atoms with Gasteiger partial charge in [-0.1, -0.05) is 204 Å². The van der Waals surface area contributed by atoms with E-state index in [9.17, 15) is 0 Å². The minimum absolute atomic E-state index is 0.903. The zero-order chi connectivity index (χ0) is 70.3. The maximum absolute atomic E-state index is 2.63. The van der Waals surface area contributed by atoms with Crippen LogP contribution in [-0.2, 0) is 0 Å². The van der Waals surface area contributed by atoms with E-state index in [1.807, 2.05) is 13.8 Å². The molecule has 20 saturated carbocycles. The first-order valence-corrected chi connectivity index (χ1v) is 48.1. The van der Waals surface area contributed by atoms with Crippen LogP contribution in [0.1, 0.15) is 268 Å². The largest absolute Gasteiger partial charge is 0.0851 e. The lowest BCUT2D eigenvalue weighted by atomic mass is 9.58. The zero-order valence-electron chi connectivity index (χ0n) is 68.0. The van der Waals surface area contributed by atoms with E-state index in [4.69, 9.17) is 0 Å². The highest BCUT2D eigenvalue weighted by atomic mass is 14.8. The topological polar surface area (TPSA) is 0 Å². The molecule has 0 radical (unpaired) electrons. The van der Waals surface area contributed by atoms with Gasteiger partial charge in [-0.05, 0) is 440 Å². The summed E-state index contributed by atoms with van der Waals surface area (Å²) in [6, 6.07) is 0. The Balaban J connectivity index is 0.0000000815. The molecular weight excluding hydrogens is 1250 g/mol. The monoisotopic (exact) mass is 1400 g/mol. The van der Waals surface area contributed by atoms with Gasteiger partial charge in [-0.2, -0.15) is 0 Å². The molecular formula is C104H154. The van der Waals surface area contributed by atoms with Crippen LogP contribution in [0.4, 0.5) is 0 Å². The summed E-state index contributed by atoms with van der Waals surface area (Å²) in [5, 5.41) is 0. The predicted octanol–water partition coefficient (Wildman–Crippen LogP) is 27.6. The Morgan fingerprint density at radius 1 is 0.240 bits per heavy atom. The highest BCUT2D eigenvalue weighted by Gasteiger charge is 2.73. The van der Waals surface area contributed by atoms with Crippen molar-refractivity contribution in [3.63, 3.8) is 0 Å². The summed E-state index contributed by atoms with van der Waals surface area (Å²) in [6.45, 7) is 20.0. The molecule has 104 heavy (non-hydrogen) atoms. The van der Waals surface area contributed by atoms with E-state index in [1.54, 1.807) is 89.9 Å². The minimum atomic E-state index is 0.903. The van der Waals surface area contributed by atoms with Gasteiger partial charge in [0.05, 0.1) is 0 Å². The molecule has 0 spiro atoms. The van der Waals surface area contributed by atoms with Crippen molar-refractivity contribution < 1.29 is 0 Å². The molecule has 0 N–H and O–H groups in total. The van der Waals surface area contributed by atoms with Gasteiger partial charge in [0.2, 0.25) is 0 Å². The van der Waals surface area contributed by atoms with Gasteiger partial charge in [-0.3, -0.25) is 0 Å². The first-order valence-electron chi connectivity index (χ1n) is 48.1. The third kappa shape index (κ3) is 12.7. The Hall–Kier alpha value is -2.34. The van der Waals surface area contributed by atoms with E-state index in [2.05, 4.69) is 158 Å². The average Bonchev–Trinajstić information content (AvgIpc) is 1.59. The molecule has 0 aromatic heterocycles. The number of rotatable bonds is 2. The van der Waals surface area contributed by atoms with E-state index in [1.165, 1.54) is 187 Å². The lowest BCUT2D eigenvalue weighted by molar-refractivity contribution is 0.00969. The first-order chi connectivity index (χ1) is 51.0. The molecule has 29 rings (SSSR count). The first kappa shape index (κ1) is 71.9. The van der Waals surface area contributed by atoms with Crippen LogP contribution in [-0.4, -0.2) is 0 Å². The van der Waals surface area contributed by atoms with E-state index >= 15 is 0 Å². The summed E-state index contributed by atoms with van der Waals surface area (Å²) >= 11 is 0. The van der Waals surface area contributed by atoms with Gasteiger partial charge in [0, 0.05) is 0 Å². The van der Waals surface area contributed by atoms with Crippen LogP contribution in [0.15, 0.2) is 109 Å². The molecule has 44 atom stereocenters. The van der Waals surface area contributed by atoms with Gasteiger partial charge in [-0.15, -0.1) is 0 Å². The van der Waals surface area contributed by atoms with Gasteiger partial charge in [0.1, 0.15) is 0 Å². The van der Waals surface area contributed by atoms with Crippen LogP contribution in [0.5, 0.6) is 0 Å². The van der Waals surface area contributed by atoms with Crippen molar-refractivity contribution in [1.82, 2.24) is 0 Å². The maximum atomic E-state index is 2.63. The SMILES string of the molecule is C1=CC2CC1C1C3CC(C21)C1C2CC(C4CCCC42)C31.C1=CC2CC1C1C3CC(C4CCCC43)C21.C1=CC2CC1C1C3CCC(C3)C21.C1=CC2CC1C1CCCC21.C1=CC2CCC1C2.CC.CC(C)C1CC2C=CC1C2.CC1CC2C=CC1C2.CC1CC2C=CC1C2.CCC.CCC1CC2C=CC1C2. The summed E-state index contributed by atoms with van der Waals surface area (Å²) in [4.78, 5) is 0. The van der Waals surface area contributed by atoms with Gasteiger partial charge >= 0.3 is 0 Å². The number of allylic oxidation sites excluding steroid dienone is 18. The maximum Gasteiger partial charge on any atom is -0.0194 e. The van der Waals surface area contributed by atoms with Crippen LogP contribution in [0.25, 0.3) is 0 Å². The molecule has 26 bridgehead atoms. The van der Waals surface area contributed by atoms with Crippen LogP contribution < -0.4 is 0 Å². The molecule has 0 saturated heterocycles. The highest BCUT2D eigenvalue weighted by Crippen LogP contribution is 2.79. The van der Waals surface area contributed by atoms with Crippen molar-refractivity contribution in [2.24, 2.45) is 266 Å². The van der Waals surface area contributed by atoms with Crippen LogP contribution in [0.3, 0.4) is 0 Å². The van der Waals surface area contributed by atoms with Crippen molar-refractivity contribution in [3.8, 4) is 0 Å². The third-order valence-electron chi connectivity index (χ3n) is 39.2. The van der Waals surface area contributed by atoms with E-state index < -0.39 is 0 Å². The molecule has 0 aliphatic heterocycles. The zero-order valence-corrected chi connectivity index (χ0v) is 68.0. The Kier molecular flexibility index (Phi) is 20.7. The molecule has 570 valence electrons. The van der Waals surface area contributed by atoms with E-state index in [0.29, 0.717) is 0 Å². The molecule has 0 nitrogen and oxygen atoms in total. The summed E-state index contributed by atoms with van der Waals surface area (Å²) in [5.41, 5.74) is 0. The second kappa shape index (κ2) is 30.0. The number of fused-ring (bicyclic) bond motifs is 55. The van der Waals surface area contributed by atoms with Crippen LogP contribution >= 0.6 is 0 Å².